The average Bonchev–Trinajstić information content (AvgIpc) is 2.72. The molecule has 19 heavy (non-hydrogen) atoms. The predicted molar refractivity (Wildman–Crippen MR) is 83.8 cm³/mol. The molecule has 0 aliphatic rings. The van der Waals surface area contributed by atoms with E-state index in [1.165, 1.54) is 21.6 Å². The van der Waals surface area contributed by atoms with Crippen LogP contribution in [0.25, 0.3) is 0 Å². The van der Waals surface area contributed by atoms with Crippen LogP contribution in [-0.4, -0.2) is 6.04 Å². The fourth-order valence-corrected chi connectivity index (χ4v) is 3.53. The molecule has 102 valence electrons. The minimum absolute atomic E-state index is 0.232. The highest BCUT2D eigenvalue weighted by Gasteiger charge is 2.11. The highest BCUT2D eigenvalue weighted by Crippen LogP contribution is 2.23. The zero-order valence-corrected chi connectivity index (χ0v) is 12.8. The van der Waals surface area contributed by atoms with Crippen LogP contribution in [0.4, 0.5) is 0 Å². The van der Waals surface area contributed by atoms with Gasteiger partial charge >= 0.3 is 0 Å². The molecule has 0 spiro atoms. The van der Waals surface area contributed by atoms with Gasteiger partial charge in [0.2, 0.25) is 0 Å². The minimum Gasteiger partial charge on any atom is -0.271 e. The average molecular weight is 295 g/mol. The molecule has 3 N–H and O–H groups in total. The second-order valence-corrected chi connectivity index (χ2v) is 6.77. The second kappa shape index (κ2) is 6.53. The Morgan fingerprint density at radius 3 is 2.37 bits per heavy atom. The molecular formula is C15H19ClN2S. The molecule has 0 bridgehead atoms. The monoisotopic (exact) mass is 294 g/mol. The van der Waals surface area contributed by atoms with Crippen LogP contribution in [0.2, 0.25) is 4.34 Å². The van der Waals surface area contributed by atoms with Gasteiger partial charge in [-0.15, -0.1) is 11.3 Å². The van der Waals surface area contributed by atoms with E-state index in [4.69, 9.17) is 17.4 Å². The molecule has 4 heteroatoms. The van der Waals surface area contributed by atoms with Crippen molar-refractivity contribution < 1.29 is 0 Å². The van der Waals surface area contributed by atoms with Gasteiger partial charge in [-0.3, -0.25) is 11.3 Å². The SMILES string of the molecule is Cc1cc(C)cc(CC(Cc2ccc(Cl)s2)NN)c1. The van der Waals surface area contributed by atoms with Crippen LogP contribution >= 0.6 is 22.9 Å². The number of hydrogen-bond donors (Lipinski definition) is 2. The Morgan fingerprint density at radius 1 is 1.16 bits per heavy atom. The molecule has 1 heterocycles. The van der Waals surface area contributed by atoms with E-state index in [1.54, 1.807) is 11.3 Å². The van der Waals surface area contributed by atoms with Crippen molar-refractivity contribution in [3.05, 3.63) is 56.2 Å². The molecule has 2 nitrogen and oxygen atoms in total. The summed E-state index contributed by atoms with van der Waals surface area (Å²) in [5.41, 5.74) is 6.83. The molecule has 0 aliphatic heterocycles. The summed E-state index contributed by atoms with van der Waals surface area (Å²) in [6, 6.07) is 10.9. The van der Waals surface area contributed by atoms with Crippen LogP contribution in [0.5, 0.6) is 0 Å². The van der Waals surface area contributed by atoms with Crippen molar-refractivity contribution in [2.75, 3.05) is 0 Å². The van der Waals surface area contributed by atoms with Crippen molar-refractivity contribution in [3.8, 4) is 0 Å². The van der Waals surface area contributed by atoms with Gasteiger partial charge in [0.25, 0.3) is 0 Å². The summed E-state index contributed by atoms with van der Waals surface area (Å²) in [4.78, 5) is 1.26. The maximum absolute atomic E-state index is 5.96. The van der Waals surface area contributed by atoms with Crippen LogP contribution in [0, 0.1) is 13.8 Å². The van der Waals surface area contributed by atoms with E-state index in [-0.39, 0.29) is 6.04 Å². The Balaban J connectivity index is 2.06. The van der Waals surface area contributed by atoms with Crippen LogP contribution in [0.3, 0.4) is 0 Å². The topological polar surface area (TPSA) is 38.0 Å². The standard InChI is InChI=1S/C15H19ClN2S/c1-10-5-11(2)7-12(6-10)8-13(18-17)9-14-3-4-15(16)19-14/h3-7,13,18H,8-9,17H2,1-2H3. The number of nitrogens with one attached hydrogen (secondary N) is 1. The molecule has 2 rings (SSSR count). The van der Waals surface area contributed by atoms with E-state index >= 15 is 0 Å². The van der Waals surface area contributed by atoms with E-state index in [1.807, 2.05) is 6.07 Å². The van der Waals surface area contributed by atoms with Crippen molar-refractivity contribution >= 4 is 22.9 Å². The second-order valence-electron chi connectivity index (χ2n) is 4.97. The summed E-state index contributed by atoms with van der Waals surface area (Å²) in [6.45, 7) is 4.25. The van der Waals surface area contributed by atoms with E-state index < -0.39 is 0 Å². The zero-order valence-electron chi connectivity index (χ0n) is 11.2. The van der Waals surface area contributed by atoms with E-state index in [0.29, 0.717) is 0 Å². The normalized spacial score (nSPS) is 12.6. The van der Waals surface area contributed by atoms with Gasteiger partial charge in [0, 0.05) is 10.9 Å². The molecule has 0 radical (unpaired) electrons. The van der Waals surface area contributed by atoms with Gasteiger partial charge < -0.3 is 0 Å². The number of nitrogens with two attached hydrogens (primary N) is 1. The molecular weight excluding hydrogens is 276 g/mol. The Morgan fingerprint density at radius 2 is 1.84 bits per heavy atom. The summed E-state index contributed by atoms with van der Waals surface area (Å²) in [7, 11) is 0. The maximum atomic E-state index is 5.96. The molecule has 1 aromatic heterocycles. The smallest absolute Gasteiger partial charge is 0.0931 e. The van der Waals surface area contributed by atoms with Crippen LogP contribution in [0.15, 0.2) is 30.3 Å². The molecule has 2 aromatic rings. The lowest BCUT2D eigenvalue weighted by Crippen LogP contribution is -2.38. The van der Waals surface area contributed by atoms with Gasteiger partial charge in [0.15, 0.2) is 0 Å². The summed E-state index contributed by atoms with van der Waals surface area (Å²) in [5.74, 6) is 5.67. The molecule has 0 fully saturated rings. The first kappa shape index (κ1) is 14.5. The van der Waals surface area contributed by atoms with Gasteiger partial charge in [-0.25, -0.2) is 0 Å². The lowest BCUT2D eigenvalue weighted by molar-refractivity contribution is 0.525. The summed E-state index contributed by atoms with van der Waals surface area (Å²) >= 11 is 7.57. The Bertz CT molecular complexity index is 531. The zero-order chi connectivity index (χ0) is 13.8. The fraction of sp³-hybridized carbons (Fsp3) is 0.333. The quantitative estimate of drug-likeness (QED) is 0.653. The Hall–Kier alpha value is -0.870. The van der Waals surface area contributed by atoms with Crippen molar-refractivity contribution in [3.63, 3.8) is 0 Å². The highest BCUT2D eigenvalue weighted by molar-refractivity contribution is 7.16. The van der Waals surface area contributed by atoms with Gasteiger partial charge in [-0.2, -0.15) is 0 Å². The largest absolute Gasteiger partial charge is 0.271 e. The summed E-state index contributed by atoms with van der Waals surface area (Å²) < 4.78 is 0.831. The minimum atomic E-state index is 0.232. The van der Waals surface area contributed by atoms with Gasteiger partial charge in [0.1, 0.15) is 0 Å². The number of hydrogen-bond acceptors (Lipinski definition) is 3. The Labute approximate surface area is 123 Å². The predicted octanol–water partition coefficient (Wildman–Crippen LogP) is 3.64. The fourth-order valence-electron chi connectivity index (χ4n) is 2.37. The molecule has 0 saturated heterocycles. The first-order valence-electron chi connectivity index (χ1n) is 6.34. The maximum Gasteiger partial charge on any atom is 0.0931 e. The number of benzene rings is 1. The summed E-state index contributed by atoms with van der Waals surface area (Å²) in [5, 5.41) is 0. The van der Waals surface area contributed by atoms with Crippen molar-refractivity contribution in [1.82, 2.24) is 5.43 Å². The molecule has 0 aliphatic carbocycles. The van der Waals surface area contributed by atoms with Crippen molar-refractivity contribution in [2.45, 2.75) is 32.7 Å². The number of halogens is 1. The van der Waals surface area contributed by atoms with Crippen molar-refractivity contribution in [1.29, 1.82) is 0 Å². The molecule has 1 aromatic carbocycles. The molecule has 1 unspecified atom stereocenters. The third kappa shape index (κ3) is 4.32. The highest BCUT2D eigenvalue weighted by atomic mass is 35.5. The third-order valence-corrected chi connectivity index (χ3v) is 4.33. The third-order valence-electron chi connectivity index (χ3n) is 3.08. The lowest BCUT2D eigenvalue weighted by atomic mass is 9.99. The molecule has 0 amide bonds. The van der Waals surface area contributed by atoms with Gasteiger partial charge in [0.05, 0.1) is 4.34 Å². The number of thiophene rings is 1. The lowest BCUT2D eigenvalue weighted by Gasteiger charge is -2.16. The van der Waals surface area contributed by atoms with Gasteiger partial charge in [-0.05, 0) is 44.4 Å². The Kier molecular flexibility index (Phi) is 4.99. The van der Waals surface area contributed by atoms with Crippen molar-refractivity contribution in [2.24, 2.45) is 5.84 Å². The van der Waals surface area contributed by atoms with Crippen LogP contribution in [-0.2, 0) is 12.8 Å². The molecule has 0 saturated carbocycles. The van der Waals surface area contributed by atoms with E-state index in [9.17, 15) is 0 Å². The summed E-state index contributed by atoms with van der Waals surface area (Å²) in [6.07, 6.45) is 1.83. The van der Waals surface area contributed by atoms with E-state index in [0.717, 1.165) is 17.2 Å². The molecule has 1 atom stereocenters. The first-order valence-corrected chi connectivity index (χ1v) is 7.54. The van der Waals surface area contributed by atoms with Gasteiger partial charge in [-0.1, -0.05) is 40.9 Å². The first-order chi connectivity index (χ1) is 9.06. The van der Waals surface area contributed by atoms with Crippen LogP contribution in [0.1, 0.15) is 21.6 Å². The number of rotatable bonds is 5. The van der Waals surface area contributed by atoms with Crippen LogP contribution < -0.4 is 11.3 Å². The number of aryl methyl sites for hydroxylation is 2. The number of hydrazine groups is 1. The van der Waals surface area contributed by atoms with E-state index in [2.05, 4.69) is 43.5 Å².